The summed E-state index contributed by atoms with van der Waals surface area (Å²) in [6.07, 6.45) is 6.13. The van der Waals surface area contributed by atoms with E-state index in [1.54, 1.807) is 11.3 Å². The second kappa shape index (κ2) is 11.1. The Morgan fingerprint density at radius 2 is 1.74 bits per heavy atom. The molecular weight excluding hydrogens is 416 g/mol. The van der Waals surface area contributed by atoms with Gasteiger partial charge in [0.1, 0.15) is 12.4 Å². The number of hydrogen-bond acceptors (Lipinski definition) is 5. The van der Waals surface area contributed by atoms with Gasteiger partial charge in [-0.2, -0.15) is 0 Å². The fourth-order valence-electron chi connectivity index (χ4n) is 3.30. The van der Waals surface area contributed by atoms with Crippen molar-refractivity contribution in [2.75, 3.05) is 0 Å². The molecule has 1 aromatic heterocycles. The highest BCUT2D eigenvalue weighted by Crippen LogP contribution is 2.29. The molecule has 3 N–H and O–H groups in total. The molecule has 7 heteroatoms. The van der Waals surface area contributed by atoms with Crippen LogP contribution in [0, 0.1) is 0 Å². The van der Waals surface area contributed by atoms with E-state index < -0.39 is 17.5 Å². The Morgan fingerprint density at radius 1 is 1.06 bits per heavy atom. The van der Waals surface area contributed by atoms with Gasteiger partial charge in [0.05, 0.1) is 16.7 Å². The monoisotopic (exact) mass is 446 g/mol. The van der Waals surface area contributed by atoms with Crippen molar-refractivity contribution in [2.24, 2.45) is 0 Å². The SMILES string of the molecule is CC/C(=C\CCC(O)(CC)CC)c1cc(COc2ccc(C(=O)O)c(C(=O)O)c2)cs1. The van der Waals surface area contributed by atoms with E-state index >= 15 is 0 Å². The highest BCUT2D eigenvalue weighted by Gasteiger charge is 2.21. The summed E-state index contributed by atoms with van der Waals surface area (Å²) in [6.45, 7) is 6.37. The minimum Gasteiger partial charge on any atom is -0.489 e. The zero-order chi connectivity index (χ0) is 23.0. The molecule has 2 aromatic rings. The summed E-state index contributed by atoms with van der Waals surface area (Å²) >= 11 is 1.62. The molecule has 0 atom stereocenters. The van der Waals surface area contributed by atoms with Crippen molar-refractivity contribution in [2.45, 2.75) is 65.1 Å². The van der Waals surface area contributed by atoms with Gasteiger partial charge in [-0.25, -0.2) is 9.59 Å². The minimum atomic E-state index is -1.31. The Morgan fingerprint density at radius 3 is 2.32 bits per heavy atom. The molecular formula is C24H30O6S. The van der Waals surface area contributed by atoms with Crippen LogP contribution in [-0.2, 0) is 6.61 Å². The van der Waals surface area contributed by atoms with Crippen molar-refractivity contribution < 1.29 is 29.6 Å². The maximum absolute atomic E-state index is 11.3. The van der Waals surface area contributed by atoms with Gasteiger partial charge in [0.25, 0.3) is 0 Å². The van der Waals surface area contributed by atoms with Crippen LogP contribution < -0.4 is 4.74 Å². The van der Waals surface area contributed by atoms with E-state index in [1.807, 2.05) is 19.2 Å². The van der Waals surface area contributed by atoms with Crippen molar-refractivity contribution in [1.82, 2.24) is 0 Å². The van der Waals surface area contributed by atoms with Crippen molar-refractivity contribution in [3.63, 3.8) is 0 Å². The van der Waals surface area contributed by atoms with Gasteiger partial charge in [-0.05, 0) is 67.3 Å². The van der Waals surface area contributed by atoms with Crippen molar-refractivity contribution in [3.8, 4) is 5.75 Å². The molecule has 0 saturated heterocycles. The average Bonchev–Trinajstić information content (AvgIpc) is 3.23. The van der Waals surface area contributed by atoms with Crippen LogP contribution in [0.15, 0.2) is 35.7 Å². The lowest BCUT2D eigenvalue weighted by molar-refractivity contribution is 0.0246. The van der Waals surface area contributed by atoms with Gasteiger partial charge in [-0.3, -0.25) is 0 Å². The number of benzene rings is 1. The highest BCUT2D eigenvalue weighted by atomic mass is 32.1. The molecule has 0 amide bonds. The summed E-state index contributed by atoms with van der Waals surface area (Å²) in [6, 6.07) is 5.99. The van der Waals surface area contributed by atoms with Crippen LogP contribution in [0.25, 0.3) is 5.57 Å². The molecule has 0 unspecified atom stereocenters. The van der Waals surface area contributed by atoms with E-state index in [9.17, 15) is 19.8 Å². The fraction of sp³-hybridized carbons (Fsp3) is 0.417. The van der Waals surface area contributed by atoms with Gasteiger partial charge in [-0.15, -0.1) is 11.3 Å². The predicted molar refractivity (Wildman–Crippen MR) is 122 cm³/mol. The number of hydrogen-bond donors (Lipinski definition) is 3. The van der Waals surface area contributed by atoms with E-state index in [0.717, 1.165) is 42.5 Å². The van der Waals surface area contributed by atoms with Crippen LogP contribution in [0.3, 0.4) is 0 Å². The van der Waals surface area contributed by atoms with Gasteiger partial charge in [0, 0.05) is 10.4 Å². The van der Waals surface area contributed by atoms with Gasteiger partial charge >= 0.3 is 11.9 Å². The number of aliphatic hydroxyl groups is 1. The second-order valence-electron chi connectivity index (χ2n) is 7.48. The molecule has 2 rings (SSSR count). The molecule has 0 aliphatic rings. The zero-order valence-corrected chi connectivity index (χ0v) is 19.0. The van der Waals surface area contributed by atoms with Crippen LogP contribution >= 0.6 is 11.3 Å². The summed E-state index contributed by atoms with van der Waals surface area (Å²) in [7, 11) is 0. The van der Waals surface area contributed by atoms with Crippen molar-refractivity contribution in [1.29, 1.82) is 0 Å². The Balaban J connectivity index is 2.05. The third kappa shape index (κ3) is 6.67. The quantitative estimate of drug-likeness (QED) is 0.378. The summed E-state index contributed by atoms with van der Waals surface area (Å²) in [5.74, 6) is -2.29. The maximum Gasteiger partial charge on any atom is 0.336 e. The number of rotatable bonds is 12. The largest absolute Gasteiger partial charge is 0.489 e. The molecule has 31 heavy (non-hydrogen) atoms. The van der Waals surface area contributed by atoms with E-state index in [1.165, 1.54) is 23.8 Å². The van der Waals surface area contributed by atoms with Crippen LogP contribution in [0.4, 0.5) is 0 Å². The molecule has 0 aliphatic heterocycles. The molecule has 0 aliphatic carbocycles. The smallest absolute Gasteiger partial charge is 0.336 e. The van der Waals surface area contributed by atoms with Gasteiger partial charge in [0.15, 0.2) is 0 Å². The molecule has 0 spiro atoms. The van der Waals surface area contributed by atoms with Crippen molar-refractivity contribution >= 4 is 28.8 Å². The first kappa shape index (κ1) is 24.6. The lowest BCUT2D eigenvalue weighted by Crippen LogP contribution is -2.25. The second-order valence-corrected chi connectivity index (χ2v) is 8.39. The number of allylic oxidation sites excluding steroid dienone is 2. The molecule has 0 radical (unpaired) electrons. The van der Waals surface area contributed by atoms with Gasteiger partial charge < -0.3 is 20.1 Å². The van der Waals surface area contributed by atoms with Crippen LogP contribution in [0.2, 0.25) is 0 Å². The normalized spacial score (nSPS) is 12.1. The summed E-state index contributed by atoms with van der Waals surface area (Å²) < 4.78 is 5.70. The minimum absolute atomic E-state index is 0.254. The molecule has 1 aromatic carbocycles. The van der Waals surface area contributed by atoms with E-state index in [4.69, 9.17) is 9.84 Å². The van der Waals surface area contributed by atoms with Crippen LogP contribution in [0.5, 0.6) is 5.75 Å². The maximum atomic E-state index is 11.3. The predicted octanol–water partition coefficient (Wildman–Crippen LogP) is 5.85. The highest BCUT2D eigenvalue weighted by molar-refractivity contribution is 7.11. The standard InChI is InChI=1S/C24H30O6S/c1-4-17(8-7-11-24(29,5-2)6-3)21-12-16(15-31-21)14-30-18-9-10-19(22(25)26)20(13-18)23(27)28/h8-10,12-13,15,29H,4-7,11,14H2,1-3H3,(H,25,26)(H,27,28)/b17-8+. The lowest BCUT2D eigenvalue weighted by Gasteiger charge is -2.24. The van der Waals surface area contributed by atoms with E-state index in [2.05, 4.69) is 19.1 Å². The number of aromatic carboxylic acids is 2. The first-order valence-electron chi connectivity index (χ1n) is 10.5. The van der Waals surface area contributed by atoms with E-state index in [0.29, 0.717) is 5.75 Å². The zero-order valence-electron chi connectivity index (χ0n) is 18.2. The van der Waals surface area contributed by atoms with Crippen LogP contribution in [0.1, 0.15) is 84.0 Å². The van der Waals surface area contributed by atoms with Gasteiger partial charge in [-0.1, -0.05) is 26.8 Å². The molecule has 6 nitrogen and oxygen atoms in total. The Hall–Kier alpha value is -2.64. The summed E-state index contributed by atoms with van der Waals surface area (Å²) in [5, 5.41) is 30.8. The average molecular weight is 447 g/mol. The number of thiophene rings is 1. The molecule has 168 valence electrons. The number of carboxylic acids is 2. The first-order chi connectivity index (χ1) is 14.7. The molecule has 0 saturated carbocycles. The Kier molecular flexibility index (Phi) is 8.83. The molecule has 0 fully saturated rings. The number of carboxylic acid groups (broad SMARTS) is 2. The van der Waals surface area contributed by atoms with Gasteiger partial charge in [0.2, 0.25) is 0 Å². The lowest BCUT2D eigenvalue weighted by atomic mass is 9.91. The Labute approximate surface area is 186 Å². The fourth-order valence-corrected chi connectivity index (χ4v) is 4.31. The topological polar surface area (TPSA) is 104 Å². The summed E-state index contributed by atoms with van der Waals surface area (Å²) in [4.78, 5) is 23.6. The summed E-state index contributed by atoms with van der Waals surface area (Å²) in [5.41, 5.74) is 1.01. The third-order valence-electron chi connectivity index (χ3n) is 5.53. The Bertz CT molecular complexity index is 939. The number of ether oxygens (including phenoxy) is 1. The van der Waals surface area contributed by atoms with Crippen molar-refractivity contribution in [3.05, 3.63) is 57.3 Å². The van der Waals surface area contributed by atoms with Crippen LogP contribution in [-0.4, -0.2) is 32.9 Å². The number of carbonyl (C=O) groups is 2. The first-order valence-corrected chi connectivity index (χ1v) is 11.3. The molecule has 1 heterocycles. The molecule has 0 bridgehead atoms. The van der Waals surface area contributed by atoms with E-state index in [-0.39, 0.29) is 17.7 Å². The third-order valence-corrected chi connectivity index (χ3v) is 6.58.